The normalized spacial score (nSPS) is 26.6. The molecule has 2 atom stereocenters. The molecule has 0 amide bonds. The Labute approximate surface area is 110 Å². The van der Waals surface area contributed by atoms with E-state index in [0.29, 0.717) is 11.8 Å². The fraction of sp³-hybridized carbons (Fsp3) is 0.600. The van der Waals surface area contributed by atoms with Crippen LogP contribution >= 0.6 is 0 Å². The standard InChI is InChI=1S/C15H23N3/c1-11(2)13-8-7-12(3)10-14(13)17-18-15-6-4-5-9-16-15/h4-6,9,11-13H,7-8,10H2,1-3H3,(H,16,18)/b17-14-/t12-,13-/m0/s1. The molecular formula is C15H23N3. The summed E-state index contributed by atoms with van der Waals surface area (Å²) in [6, 6.07) is 5.83. The molecule has 0 bridgehead atoms. The number of rotatable bonds is 3. The zero-order valence-corrected chi connectivity index (χ0v) is 11.6. The second kappa shape index (κ2) is 5.98. The fourth-order valence-electron chi connectivity index (χ4n) is 2.65. The van der Waals surface area contributed by atoms with Gasteiger partial charge in [-0.2, -0.15) is 5.10 Å². The summed E-state index contributed by atoms with van der Waals surface area (Å²) >= 11 is 0. The first kappa shape index (κ1) is 13.1. The molecule has 0 radical (unpaired) electrons. The molecule has 2 rings (SSSR count). The summed E-state index contributed by atoms with van der Waals surface area (Å²) in [5, 5.41) is 4.61. The Morgan fingerprint density at radius 2 is 2.17 bits per heavy atom. The number of hydrazone groups is 1. The van der Waals surface area contributed by atoms with Crippen molar-refractivity contribution in [1.29, 1.82) is 0 Å². The molecule has 0 saturated heterocycles. The number of anilines is 1. The highest BCUT2D eigenvalue weighted by Gasteiger charge is 2.26. The van der Waals surface area contributed by atoms with Crippen molar-refractivity contribution in [1.82, 2.24) is 4.98 Å². The van der Waals surface area contributed by atoms with E-state index in [1.165, 1.54) is 18.6 Å². The first-order valence-corrected chi connectivity index (χ1v) is 6.90. The molecule has 18 heavy (non-hydrogen) atoms. The van der Waals surface area contributed by atoms with Crippen molar-refractivity contribution in [2.24, 2.45) is 22.9 Å². The second-order valence-electron chi connectivity index (χ2n) is 5.67. The van der Waals surface area contributed by atoms with Crippen LogP contribution in [0.15, 0.2) is 29.5 Å². The molecular weight excluding hydrogens is 222 g/mol. The molecule has 1 N–H and O–H groups in total. The number of nitrogens with zero attached hydrogens (tertiary/aromatic N) is 2. The van der Waals surface area contributed by atoms with Crippen molar-refractivity contribution in [2.75, 3.05) is 5.43 Å². The van der Waals surface area contributed by atoms with Gasteiger partial charge in [-0.3, -0.25) is 5.43 Å². The van der Waals surface area contributed by atoms with Gasteiger partial charge in [-0.1, -0.05) is 26.8 Å². The topological polar surface area (TPSA) is 37.3 Å². The van der Waals surface area contributed by atoms with E-state index in [2.05, 4.69) is 36.3 Å². The minimum absolute atomic E-state index is 0.623. The zero-order valence-electron chi connectivity index (χ0n) is 11.6. The Hall–Kier alpha value is -1.38. The van der Waals surface area contributed by atoms with E-state index in [1.807, 2.05) is 18.2 Å². The molecule has 1 aromatic rings. The van der Waals surface area contributed by atoms with Crippen LogP contribution in [0.1, 0.15) is 40.0 Å². The molecule has 1 saturated carbocycles. The van der Waals surface area contributed by atoms with Gasteiger partial charge in [0.15, 0.2) is 0 Å². The Bertz CT molecular complexity index is 397. The molecule has 0 aliphatic heterocycles. The Kier molecular flexibility index (Phi) is 4.34. The maximum absolute atomic E-state index is 4.61. The van der Waals surface area contributed by atoms with Crippen LogP contribution in [-0.4, -0.2) is 10.7 Å². The van der Waals surface area contributed by atoms with Crippen LogP contribution in [0.5, 0.6) is 0 Å². The van der Waals surface area contributed by atoms with Crippen molar-refractivity contribution in [3.63, 3.8) is 0 Å². The third-order valence-electron chi connectivity index (χ3n) is 3.74. The third kappa shape index (κ3) is 3.31. The number of pyridine rings is 1. The Balaban J connectivity index is 2.07. The molecule has 0 unspecified atom stereocenters. The predicted octanol–water partition coefficient (Wildman–Crippen LogP) is 3.94. The fourth-order valence-corrected chi connectivity index (χ4v) is 2.65. The summed E-state index contributed by atoms with van der Waals surface area (Å²) in [4.78, 5) is 4.23. The van der Waals surface area contributed by atoms with Crippen molar-refractivity contribution < 1.29 is 0 Å². The van der Waals surface area contributed by atoms with Gasteiger partial charge in [0.1, 0.15) is 5.82 Å². The summed E-state index contributed by atoms with van der Waals surface area (Å²) in [7, 11) is 0. The first-order valence-electron chi connectivity index (χ1n) is 6.90. The van der Waals surface area contributed by atoms with E-state index in [0.717, 1.165) is 18.2 Å². The van der Waals surface area contributed by atoms with E-state index < -0.39 is 0 Å². The average Bonchev–Trinajstić information content (AvgIpc) is 2.37. The SMILES string of the molecule is CC(C)[C@@H]1CC[C@H](C)C/C1=N/Nc1ccccn1. The van der Waals surface area contributed by atoms with Gasteiger partial charge in [0.2, 0.25) is 0 Å². The van der Waals surface area contributed by atoms with Crippen LogP contribution in [0, 0.1) is 17.8 Å². The maximum atomic E-state index is 4.61. The second-order valence-corrected chi connectivity index (χ2v) is 5.67. The minimum atomic E-state index is 0.623. The van der Waals surface area contributed by atoms with E-state index in [1.54, 1.807) is 6.20 Å². The molecule has 1 heterocycles. The van der Waals surface area contributed by atoms with Gasteiger partial charge in [-0.25, -0.2) is 4.98 Å². The number of nitrogens with one attached hydrogen (secondary N) is 1. The van der Waals surface area contributed by atoms with Crippen LogP contribution in [-0.2, 0) is 0 Å². The summed E-state index contributed by atoms with van der Waals surface area (Å²) in [6.45, 7) is 6.89. The highest BCUT2D eigenvalue weighted by atomic mass is 15.3. The van der Waals surface area contributed by atoms with Crippen LogP contribution in [0.25, 0.3) is 0 Å². The van der Waals surface area contributed by atoms with Gasteiger partial charge in [0.05, 0.1) is 0 Å². The Morgan fingerprint density at radius 3 is 2.83 bits per heavy atom. The van der Waals surface area contributed by atoms with Gasteiger partial charge >= 0.3 is 0 Å². The lowest BCUT2D eigenvalue weighted by atomic mass is 9.76. The van der Waals surface area contributed by atoms with E-state index in [4.69, 9.17) is 0 Å². The summed E-state index contributed by atoms with van der Waals surface area (Å²) in [5.74, 6) is 2.87. The predicted molar refractivity (Wildman–Crippen MR) is 76.6 cm³/mol. The Morgan fingerprint density at radius 1 is 1.33 bits per heavy atom. The summed E-state index contributed by atoms with van der Waals surface area (Å²) in [6.07, 6.45) is 5.49. The van der Waals surface area contributed by atoms with Crippen LogP contribution in [0.4, 0.5) is 5.82 Å². The third-order valence-corrected chi connectivity index (χ3v) is 3.74. The quantitative estimate of drug-likeness (QED) is 0.819. The van der Waals surface area contributed by atoms with E-state index in [-0.39, 0.29) is 0 Å². The van der Waals surface area contributed by atoms with E-state index >= 15 is 0 Å². The molecule has 0 aromatic carbocycles. The monoisotopic (exact) mass is 245 g/mol. The molecule has 1 fully saturated rings. The minimum Gasteiger partial charge on any atom is -0.261 e. The lowest BCUT2D eigenvalue weighted by molar-refractivity contribution is 0.364. The zero-order chi connectivity index (χ0) is 13.0. The number of hydrogen-bond acceptors (Lipinski definition) is 3. The van der Waals surface area contributed by atoms with Crippen molar-refractivity contribution in [2.45, 2.75) is 40.0 Å². The van der Waals surface area contributed by atoms with Crippen LogP contribution < -0.4 is 5.43 Å². The van der Waals surface area contributed by atoms with Gasteiger partial charge in [0.25, 0.3) is 0 Å². The summed E-state index contributed by atoms with van der Waals surface area (Å²) < 4.78 is 0. The highest BCUT2D eigenvalue weighted by molar-refractivity contribution is 5.88. The molecule has 98 valence electrons. The van der Waals surface area contributed by atoms with Gasteiger partial charge in [0, 0.05) is 17.8 Å². The summed E-state index contributed by atoms with van der Waals surface area (Å²) in [5.41, 5.74) is 4.41. The van der Waals surface area contributed by atoms with Crippen molar-refractivity contribution in [3.05, 3.63) is 24.4 Å². The van der Waals surface area contributed by atoms with Crippen molar-refractivity contribution in [3.8, 4) is 0 Å². The van der Waals surface area contributed by atoms with Crippen LogP contribution in [0.2, 0.25) is 0 Å². The molecule has 1 aliphatic rings. The largest absolute Gasteiger partial charge is 0.261 e. The lowest BCUT2D eigenvalue weighted by Crippen LogP contribution is -2.28. The van der Waals surface area contributed by atoms with Gasteiger partial charge < -0.3 is 0 Å². The average molecular weight is 245 g/mol. The van der Waals surface area contributed by atoms with Gasteiger partial charge in [-0.15, -0.1) is 0 Å². The van der Waals surface area contributed by atoms with Crippen LogP contribution in [0.3, 0.4) is 0 Å². The molecule has 3 nitrogen and oxygen atoms in total. The van der Waals surface area contributed by atoms with E-state index in [9.17, 15) is 0 Å². The first-order chi connectivity index (χ1) is 8.66. The number of aromatic nitrogens is 1. The molecule has 1 aliphatic carbocycles. The molecule has 3 heteroatoms. The van der Waals surface area contributed by atoms with Gasteiger partial charge in [-0.05, 0) is 43.2 Å². The lowest BCUT2D eigenvalue weighted by Gasteiger charge is -2.30. The molecule has 1 aromatic heterocycles. The smallest absolute Gasteiger partial charge is 0.146 e. The van der Waals surface area contributed by atoms with Crippen molar-refractivity contribution >= 4 is 11.5 Å². The molecule has 0 spiro atoms. The number of hydrogen-bond donors (Lipinski definition) is 1. The maximum Gasteiger partial charge on any atom is 0.146 e. The highest BCUT2D eigenvalue weighted by Crippen LogP contribution is 2.31.